The number of hydrogen-bond donors (Lipinski definition) is 3. The van der Waals surface area contributed by atoms with E-state index in [1.807, 2.05) is 30.3 Å². The molecule has 1 aliphatic rings. The number of hydrogen-bond acceptors (Lipinski definition) is 4. The number of hydrazone groups is 1. The molecule has 2 aromatic carbocycles. The van der Waals surface area contributed by atoms with Crippen LogP contribution in [0.5, 0.6) is 5.75 Å². The second-order valence-electron chi connectivity index (χ2n) is 5.80. The summed E-state index contributed by atoms with van der Waals surface area (Å²) in [5, 5.41) is 16.6. The molecule has 134 valence electrons. The second kappa shape index (κ2) is 7.88. The Morgan fingerprint density at radius 1 is 1.35 bits per heavy atom. The minimum atomic E-state index is -0.866. The van der Waals surface area contributed by atoms with Crippen molar-refractivity contribution in [1.82, 2.24) is 10.7 Å². The molecule has 8 heteroatoms. The van der Waals surface area contributed by atoms with Crippen molar-refractivity contribution in [3.05, 3.63) is 63.1 Å². The Bertz CT molecular complexity index is 873. The van der Waals surface area contributed by atoms with Gasteiger partial charge in [-0.1, -0.05) is 57.9 Å². The predicted octanol–water partition coefficient (Wildman–Crippen LogP) is 2.79. The Balaban J connectivity index is 1.74. The molecule has 3 rings (SSSR count). The van der Waals surface area contributed by atoms with Gasteiger partial charge in [0.25, 0.3) is 5.91 Å². The molecule has 1 heterocycles. The van der Waals surface area contributed by atoms with Gasteiger partial charge in [-0.25, -0.2) is 5.43 Å². The van der Waals surface area contributed by atoms with Crippen molar-refractivity contribution in [3.8, 4) is 5.75 Å². The highest BCUT2D eigenvalue weighted by Gasteiger charge is 2.40. The maximum absolute atomic E-state index is 12.5. The maximum atomic E-state index is 12.5. The molecular weight excluding hydrogens is 422 g/mol. The van der Waals surface area contributed by atoms with E-state index in [-0.39, 0.29) is 22.6 Å². The SMILES string of the molecule is O=C1NCC(c2ccccc2)C1C(=O)N/N=C\c1cc(Br)cc(Cl)c1O. The topological polar surface area (TPSA) is 90.8 Å². The minimum absolute atomic E-state index is 0.145. The van der Waals surface area contributed by atoms with Crippen molar-refractivity contribution in [3.63, 3.8) is 0 Å². The number of aromatic hydroxyl groups is 1. The second-order valence-corrected chi connectivity index (χ2v) is 7.12. The average molecular weight is 437 g/mol. The summed E-state index contributed by atoms with van der Waals surface area (Å²) in [6.07, 6.45) is 1.27. The number of nitrogens with zero attached hydrogens (tertiary/aromatic N) is 1. The number of rotatable bonds is 4. The number of benzene rings is 2. The van der Waals surface area contributed by atoms with Gasteiger partial charge in [-0.2, -0.15) is 5.10 Å². The highest BCUT2D eigenvalue weighted by molar-refractivity contribution is 9.10. The van der Waals surface area contributed by atoms with Crippen LogP contribution < -0.4 is 10.7 Å². The largest absolute Gasteiger partial charge is 0.506 e. The van der Waals surface area contributed by atoms with E-state index in [9.17, 15) is 14.7 Å². The quantitative estimate of drug-likeness (QED) is 0.391. The molecule has 0 saturated carbocycles. The smallest absolute Gasteiger partial charge is 0.253 e. The highest BCUT2D eigenvalue weighted by atomic mass is 79.9. The molecule has 1 fully saturated rings. The molecule has 6 nitrogen and oxygen atoms in total. The van der Waals surface area contributed by atoms with Crippen LogP contribution in [0.3, 0.4) is 0 Å². The molecule has 26 heavy (non-hydrogen) atoms. The van der Waals surface area contributed by atoms with Gasteiger partial charge in [-0.3, -0.25) is 9.59 Å². The van der Waals surface area contributed by atoms with Crippen LogP contribution in [-0.4, -0.2) is 29.7 Å². The van der Waals surface area contributed by atoms with Crippen LogP contribution in [0.25, 0.3) is 0 Å². The van der Waals surface area contributed by atoms with Gasteiger partial charge in [0.05, 0.1) is 11.2 Å². The fraction of sp³-hybridized carbons (Fsp3) is 0.167. The summed E-state index contributed by atoms with van der Waals surface area (Å²) < 4.78 is 0.660. The van der Waals surface area contributed by atoms with Crippen molar-refractivity contribution >= 4 is 45.6 Å². The zero-order valence-corrected chi connectivity index (χ0v) is 15.8. The van der Waals surface area contributed by atoms with Crippen LogP contribution in [0.1, 0.15) is 17.0 Å². The Hall–Kier alpha value is -2.38. The Kier molecular flexibility index (Phi) is 5.58. The van der Waals surface area contributed by atoms with Gasteiger partial charge in [0.2, 0.25) is 5.91 Å². The summed E-state index contributed by atoms with van der Waals surface area (Å²) in [5.74, 6) is -2.11. The Morgan fingerprint density at radius 3 is 2.81 bits per heavy atom. The third-order valence-corrected chi connectivity index (χ3v) is 4.87. The molecule has 1 aliphatic heterocycles. The van der Waals surface area contributed by atoms with Crippen molar-refractivity contribution in [1.29, 1.82) is 0 Å². The summed E-state index contributed by atoms with van der Waals surface area (Å²) in [7, 11) is 0. The van der Waals surface area contributed by atoms with Crippen molar-refractivity contribution in [2.75, 3.05) is 6.54 Å². The van der Waals surface area contributed by atoms with Crippen LogP contribution >= 0.6 is 27.5 Å². The van der Waals surface area contributed by atoms with E-state index >= 15 is 0 Å². The molecule has 0 bridgehead atoms. The van der Waals surface area contributed by atoms with E-state index in [0.717, 1.165) is 5.56 Å². The van der Waals surface area contributed by atoms with Crippen LogP contribution in [0.2, 0.25) is 5.02 Å². The normalized spacial score (nSPS) is 19.5. The van der Waals surface area contributed by atoms with Gasteiger partial charge in [-0.05, 0) is 17.7 Å². The van der Waals surface area contributed by atoms with E-state index in [4.69, 9.17) is 11.6 Å². The molecule has 2 atom stereocenters. The minimum Gasteiger partial charge on any atom is -0.506 e. The fourth-order valence-corrected chi connectivity index (χ4v) is 3.69. The number of phenolic OH excluding ortho intramolecular Hbond substituents is 1. The van der Waals surface area contributed by atoms with Gasteiger partial charge in [0, 0.05) is 22.5 Å². The van der Waals surface area contributed by atoms with E-state index in [2.05, 4.69) is 31.8 Å². The molecule has 0 radical (unpaired) electrons. The van der Waals surface area contributed by atoms with Gasteiger partial charge in [0.15, 0.2) is 0 Å². The number of halogens is 2. The number of phenols is 1. The molecule has 2 aromatic rings. The van der Waals surface area contributed by atoms with Gasteiger partial charge in [0.1, 0.15) is 11.7 Å². The Labute approximate surface area is 163 Å². The lowest BCUT2D eigenvalue weighted by Crippen LogP contribution is -2.34. The van der Waals surface area contributed by atoms with Crippen molar-refractivity contribution < 1.29 is 14.7 Å². The zero-order valence-electron chi connectivity index (χ0n) is 13.4. The zero-order chi connectivity index (χ0) is 18.7. The first-order chi connectivity index (χ1) is 12.5. The van der Waals surface area contributed by atoms with Crippen LogP contribution in [0.4, 0.5) is 0 Å². The molecule has 0 aliphatic carbocycles. The lowest BCUT2D eigenvalue weighted by Gasteiger charge is -2.15. The van der Waals surface area contributed by atoms with Gasteiger partial charge >= 0.3 is 0 Å². The number of nitrogens with one attached hydrogen (secondary N) is 2. The summed E-state index contributed by atoms with van der Waals surface area (Å²) >= 11 is 9.15. The average Bonchev–Trinajstić information content (AvgIpc) is 3.01. The molecule has 1 saturated heterocycles. The first kappa shape index (κ1) is 18.4. The summed E-state index contributed by atoms with van der Waals surface area (Å²) in [5.41, 5.74) is 3.61. The lowest BCUT2D eigenvalue weighted by atomic mass is 9.88. The number of carbonyl (C=O) groups is 2. The fourth-order valence-electron chi connectivity index (χ4n) is 2.85. The molecule has 0 spiro atoms. The van der Waals surface area contributed by atoms with E-state index in [1.54, 1.807) is 12.1 Å². The van der Waals surface area contributed by atoms with Crippen LogP contribution in [-0.2, 0) is 9.59 Å². The van der Waals surface area contributed by atoms with E-state index in [0.29, 0.717) is 16.6 Å². The van der Waals surface area contributed by atoms with Gasteiger partial charge < -0.3 is 10.4 Å². The van der Waals surface area contributed by atoms with E-state index < -0.39 is 11.8 Å². The summed E-state index contributed by atoms with van der Waals surface area (Å²) in [6.45, 7) is 0.396. The first-order valence-corrected chi connectivity index (χ1v) is 8.98. The summed E-state index contributed by atoms with van der Waals surface area (Å²) in [6, 6.07) is 12.5. The lowest BCUT2D eigenvalue weighted by molar-refractivity contribution is -0.133. The van der Waals surface area contributed by atoms with Crippen molar-refractivity contribution in [2.24, 2.45) is 11.0 Å². The monoisotopic (exact) mass is 435 g/mol. The number of carbonyl (C=O) groups excluding carboxylic acids is 2. The number of amides is 2. The molecule has 3 N–H and O–H groups in total. The third-order valence-electron chi connectivity index (χ3n) is 4.13. The molecule has 2 unspecified atom stereocenters. The van der Waals surface area contributed by atoms with E-state index in [1.165, 1.54) is 6.21 Å². The van der Waals surface area contributed by atoms with Gasteiger partial charge in [-0.15, -0.1) is 0 Å². The van der Waals surface area contributed by atoms with Crippen molar-refractivity contribution in [2.45, 2.75) is 5.92 Å². The van der Waals surface area contributed by atoms with Crippen LogP contribution in [0.15, 0.2) is 52.0 Å². The standard InChI is InChI=1S/C18H15BrClN3O3/c19-12-6-11(16(24)14(20)7-12)8-22-23-18(26)15-13(9-21-17(15)25)10-4-2-1-3-5-10/h1-8,13,15,24H,9H2,(H,21,25)(H,23,26)/b22-8-. The Morgan fingerprint density at radius 2 is 2.08 bits per heavy atom. The first-order valence-electron chi connectivity index (χ1n) is 7.81. The third kappa shape index (κ3) is 3.89. The summed E-state index contributed by atoms with van der Waals surface area (Å²) in [4.78, 5) is 24.6. The molecule has 0 aromatic heterocycles. The predicted molar refractivity (Wildman–Crippen MR) is 102 cm³/mol. The maximum Gasteiger partial charge on any atom is 0.253 e. The highest BCUT2D eigenvalue weighted by Crippen LogP contribution is 2.31. The van der Waals surface area contributed by atoms with Crippen LogP contribution in [0, 0.1) is 5.92 Å². The molecular formula is C18H15BrClN3O3. The molecule has 2 amide bonds.